The van der Waals surface area contributed by atoms with Gasteiger partial charge in [0, 0.05) is 17.9 Å². The molecular weight excluding hydrogens is 244 g/mol. The van der Waals surface area contributed by atoms with Gasteiger partial charge in [0.25, 0.3) is 0 Å². The molecule has 0 saturated heterocycles. The minimum Gasteiger partial charge on any atom is -0.332 e. The van der Waals surface area contributed by atoms with E-state index in [4.69, 9.17) is 0 Å². The van der Waals surface area contributed by atoms with Gasteiger partial charge in [0.1, 0.15) is 0 Å². The van der Waals surface area contributed by atoms with Crippen LogP contribution in [0.25, 0.3) is 0 Å². The molecule has 1 rings (SSSR count). The zero-order valence-electron chi connectivity index (χ0n) is 13.9. The first-order chi connectivity index (χ1) is 9.73. The number of hydrogen-bond donors (Lipinski definition) is 0. The summed E-state index contributed by atoms with van der Waals surface area (Å²) in [5.74, 6) is 0. The zero-order chi connectivity index (χ0) is 14.7. The third-order valence-corrected chi connectivity index (χ3v) is 4.52. The Bertz CT molecular complexity index is 318. The predicted molar refractivity (Wildman–Crippen MR) is 88.0 cm³/mol. The van der Waals surface area contributed by atoms with Crippen molar-refractivity contribution in [1.82, 2.24) is 9.55 Å². The van der Waals surface area contributed by atoms with Crippen molar-refractivity contribution in [2.75, 3.05) is 0 Å². The van der Waals surface area contributed by atoms with Crippen LogP contribution >= 0.6 is 0 Å². The predicted octanol–water partition coefficient (Wildman–Crippen LogP) is 5.93. The topological polar surface area (TPSA) is 17.8 Å². The molecule has 0 amide bonds. The van der Waals surface area contributed by atoms with Crippen LogP contribution in [0.4, 0.5) is 0 Å². The second kappa shape index (κ2) is 10.0. The fourth-order valence-corrected chi connectivity index (χ4v) is 3.00. The first-order valence-electron chi connectivity index (χ1n) is 8.71. The van der Waals surface area contributed by atoms with E-state index in [1.807, 2.05) is 12.5 Å². The van der Waals surface area contributed by atoms with E-state index in [1.54, 1.807) is 0 Å². The van der Waals surface area contributed by atoms with Crippen LogP contribution in [0, 0.1) is 0 Å². The molecule has 0 aliphatic rings. The van der Waals surface area contributed by atoms with E-state index in [2.05, 4.69) is 36.5 Å². The highest BCUT2D eigenvalue weighted by molar-refractivity contribution is 4.89. The van der Waals surface area contributed by atoms with Gasteiger partial charge in [-0.05, 0) is 19.8 Å². The molecule has 0 aliphatic carbocycles. The Labute approximate surface area is 126 Å². The Balaban J connectivity index is 2.43. The van der Waals surface area contributed by atoms with Crippen LogP contribution in [-0.4, -0.2) is 9.55 Å². The fourth-order valence-electron chi connectivity index (χ4n) is 3.00. The van der Waals surface area contributed by atoms with Gasteiger partial charge in [-0.25, -0.2) is 4.98 Å². The number of unbranched alkanes of at least 4 members (excludes halogenated alkanes) is 7. The van der Waals surface area contributed by atoms with Crippen molar-refractivity contribution >= 4 is 0 Å². The lowest BCUT2D eigenvalue weighted by Gasteiger charge is -2.31. The Morgan fingerprint density at radius 3 is 1.90 bits per heavy atom. The number of aromatic nitrogens is 2. The minimum atomic E-state index is 0.274. The molecule has 0 radical (unpaired) electrons. The van der Waals surface area contributed by atoms with Gasteiger partial charge >= 0.3 is 0 Å². The van der Waals surface area contributed by atoms with Gasteiger partial charge in [0.2, 0.25) is 0 Å². The maximum atomic E-state index is 4.25. The number of nitrogens with zero attached hydrogens (tertiary/aromatic N) is 2. The van der Waals surface area contributed by atoms with Crippen molar-refractivity contribution < 1.29 is 0 Å². The molecule has 116 valence electrons. The monoisotopic (exact) mass is 278 g/mol. The summed E-state index contributed by atoms with van der Waals surface area (Å²) in [6.07, 6.45) is 20.9. The lowest BCUT2D eigenvalue weighted by molar-refractivity contribution is 0.250. The van der Waals surface area contributed by atoms with E-state index in [9.17, 15) is 0 Å². The van der Waals surface area contributed by atoms with Gasteiger partial charge in [0.15, 0.2) is 0 Å². The van der Waals surface area contributed by atoms with E-state index in [0.29, 0.717) is 0 Å². The maximum absolute atomic E-state index is 4.25. The Kier molecular flexibility index (Phi) is 8.64. The first kappa shape index (κ1) is 17.3. The third kappa shape index (κ3) is 6.11. The van der Waals surface area contributed by atoms with E-state index in [1.165, 1.54) is 70.6 Å². The van der Waals surface area contributed by atoms with Crippen molar-refractivity contribution in [1.29, 1.82) is 0 Å². The van der Waals surface area contributed by atoms with Crippen molar-refractivity contribution in [3.05, 3.63) is 18.7 Å². The molecule has 0 N–H and O–H groups in total. The summed E-state index contributed by atoms with van der Waals surface area (Å²) in [4.78, 5) is 4.25. The molecule has 0 aromatic carbocycles. The van der Waals surface area contributed by atoms with Crippen LogP contribution in [0.2, 0.25) is 0 Å². The van der Waals surface area contributed by atoms with E-state index in [0.717, 1.165) is 0 Å². The van der Waals surface area contributed by atoms with Crippen LogP contribution in [0.3, 0.4) is 0 Å². The molecule has 1 atom stereocenters. The number of rotatable bonds is 12. The standard InChI is InChI=1S/C18H34N2/c1-4-6-8-10-12-14-18(3,13-11-9-7-5-2)20-16-15-19-17-20/h15-17H,4-14H2,1-3H3. The van der Waals surface area contributed by atoms with Crippen molar-refractivity contribution in [3.8, 4) is 0 Å². The molecule has 0 saturated carbocycles. The van der Waals surface area contributed by atoms with E-state index >= 15 is 0 Å². The Hall–Kier alpha value is -0.790. The lowest BCUT2D eigenvalue weighted by Crippen LogP contribution is -2.29. The summed E-state index contributed by atoms with van der Waals surface area (Å²) in [5.41, 5.74) is 0.274. The SMILES string of the molecule is CCCCCCCC(C)(CCCCCC)n1ccnc1. The summed E-state index contributed by atoms with van der Waals surface area (Å²) < 4.78 is 2.35. The van der Waals surface area contributed by atoms with E-state index < -0.39 is 0 Å². The molecule has 0 aliphatic heterocycles. The van der Waals surface area contributed by atoms with Gasteiger partial charge in [-0.1, -0.05) is 71.6 Å². The lowest BCUT2D eigenvalue weighted by atomic mass is 9.88. The highest BCUT2D eigenvalue weighted by atomic mass is 15.1. The van der Waals surface area contributed by atoms with Crippen molar-refractivity contribution in [2.45, 2.75) is 96.9 Å². The zero-order valence-corrected chi connectivity index (χ0v) is 13.9. The van der Waals surface area contributed by atoms with Crippen LogP contribution < -0.4 is 0 Å². The summed E-state index contributed by atoms with van der Waals surface area (Å²) in [6, 6.07) is 0. The summed E-state index contributed by atoms with van der Waals surface area (Å²) >= 11 is 0. The summed E-state index contributed by atoms with van der Waals surface area (Å²) in [5, 5.41) is 0. The molecule has 20 heavy (non-hydrogen) atoms. The van der Waals surface area contributed by atoms with Gasteiger partial charge in [-0.15, -0.1) is 0 Å². The molecule has 2 nitrogen and oxygen atoms in total. The highest BCUT2D eigenvalue weighted by Gasteiger charge is 2.24. The van der Waals surface area contributed by atoms with E-state index in [-0.39, 0.29) is 5.54 Å². The smallest absolute Gasteiger partial charge is 0.0951 e. The van der Waals surface area contributed by atoms with Crippen LogP contribution in [-0.2, 0) is 5.54 Å². The second-order valence-electron chi connectivity index (χ2n) is 6.44. The quantitative estimate of drug-likeness (QED) is 0.433. The summed E-state index contributed by atoms with van der Waals surface area (Å²) in [7, 11) is 0. The molecule has 1 unspecified atom stereocenters. The van der Waals surface area contributed by atoms with Crippen molar-refractivity contribution in [2.24, 2.45) is 0 Å². The van der Waals surface area contributed by atoms with Crippen LogP contribution in [0.1, 0.15) is 91.4 Å². The van der Waals surface area contributed by atoms with Crippen molar-refractivity contribution in [3.63, 3.8) is 0 Å². The molecule has 1 heterocycles. The molecule has 0 spiro atoms. The van der Waals surface area contributed by atoms with Gasteiger partial charge in [-0.3, -0.25) is 0 Å². The normalized spacial score (nSPS) is 14.3. The third-order valence-electron chi connectivity index (χ3n) is 4.52. The maximum Gasteiger partial charge on any atom is 0.0951 e. The second-order valence-corrected chi connectivity index (χ2v) is 6.44. The van der Waals surface area contributed by atoms with Crippen LogP contribution in [0.5, 0.6) is 0 Å². The molecular formula is C18H34N2. The first-order valence-corrected chi connectivity index (χ1v) is 8.71. The largest absolute Gasteiger partial charge is 0.332 e. The van der Waals surface area contributed by atoms with Gasteiger partial charge in [-0.2, -0.15) is 0 Å². The molecule has 2 heteroatoms. The summed E-state index contributed by atoms with van der Waals surface area (Å²) in [6.45, 7) is 6.98. The molecule has 1 aromatic rings. The minimum absolute atomic E-state index is 0.274. The number of hydrogen-bond acceptors (Lipinski definition) is 1. The van der Waals surface area contributed by atoms with Gasteiger partial charge < -0.3 is 4.57 Å². The highest BCUT2D eigenvalue weighted by Crippen LogP contribution is 2.30. The fraction of sp³-hybridized carbons (Fsp3) is 0.833. The Morgan fingerprint density at radius 2 is 1.40 bits per heavy atom. The van der Waals surface area contributed by atoms with Crippen LogP contribution in [0.15, 0.2) is 18.7 Å². The Morgan fingerprint density at radius 1 is 0.850 bits per heavy atom. The average Bonchev–Trinajstić information content (AvgIpc) is 2.98. The number of imidazole rings is 1. The average molecular weight is 278 g/mol. The van der Waals surface area contributed by atoms with Gasteiger partial charge in [0.05, 0.1) is 6.33 Å². The molecule has 0 fully saturated rings. The molecule has 1 aromatic heterocycles. The molecule has 0 bridgehead atoms.